The molecular weight excluding hydrogens is 364 g/mol. The minimum atomic E-state index is 0.570. The first-order chi connectivity index (χ1) is 14.2. The van der Waals surface area contributed by atoms with Crippen molar-refractivity contribution in [3.05, 3.63) is 65.7 Å². The van der Waals surface area contributed by atoms with Crippen LogP contribution in [0.15, 0.2) is 48.9 Å². The van der Waals surface area contributed by atoms with Crippen molar-refractivity contribution in [1.82, 2.24) is 14.8 Å². The second-order valence-corrected chi connectivity index (χ2v) is 7.39. The predicted molar refractivity (Wildman–Crippen MR) is 110 cm³/mol. The van der Waals surface area contributed by atoms with Crippen LogP contribution in [0.2, 0.25) is 0 Å². The van der Waals surface area contributed by atoms with Crippen LogP contribution in [0.4, 0.5) is 0 Å². The third-order valence-corrected chi connectivity index (χ3v) is 5.02. The van der Waals surface area contributed by atoms with Crippen LogP contribution in [0.1, 0.15) is 29.7 Å². The van der Waals surface area contributed by atoms with Crippen LogP contribution >= 0.6 is 0 Å². The van der Waals surface area contributed by atoms with Gasteiger partial charge in [-0.1, -0.05) is 6.07 Å². The fourth-order valence-corrected chi connectivity index (χ4v) is 3.18. The Labute approximate surface area is 170 Å². The molecule has 148 valence electrons. The molecule has 0 atom stereocenters. The standard InChI is InChI=1S/C23H24N4O2/c1-28-9-8-27-15-18(14-26-27)10-22-12-20(6-7-25-22)19-4-5-23(21(11-19)13-24)29-16-17-2-3-17/h4-7,11-12,14-15,17H,2-3,8-10,16H2,1H3. The fourth-order valence-electron chi connectivity index (χ4n) is 3.18. The van der Waals surface area contributed by atoms with Crippen LogP contribution in [0.3, 0.4) is 0 Å². The number of hydrogen-bond acceptors (Lipinski definition) is 5. The Morgan fingerprint density at radius 1 is 1.21 bits per heavy atom. The van der Waals surface area contributed by atoms with Gasteiger partial charge < -0.3 is 9.47 Å². The fraction of sp³-hybridized carbons (Fsp3) is 0.348. The SMILES string of the molecule is COCCn1cc(Cc2cc(-c3ccc(OCC4CC4)c(C#N)c3)ccn2)cn1. The lowest BCUT2D eigenvalue weighted by molar-refractivity contribution is 0.183. The molecule has 29 heavy (non-hydrogen) atoms. The summed E-state index contributed by atoms with van der Waals surface area (Å²) in [4.78, 5) is 4.50. The predicted octanol–water partition coefficient (Wildman–Crippen LogP) is 3.84. The summed E-state index contributed by atoms with van der Waals surface area (Å²) < 4.78 is 12.8. The van der Waals surface area contributed by atoms with Crippen molar-refractivity contribution in [2.24, 2.45) is 5.92 Å². The van der Waals surface area contributed by atoms with Crippen molar-refractivity contribution in [1.29, 1.82) is 5.26 Å². The topological polar surface area (TPSA) is 73.0 Å². The number of ether oxygens (including phenoxy) is 2. The molecule has 6 nitrogen and oxygen atoms in total. The van der Waals surface area contributed by atoms with Gasteiger partial charge >= 0.3 is 0 Å². The summed E-state index contributed by atoms with van der Waals surface area (Å²) in [6, 6.07) is 12.1. The summed E-state index contributed by atoms with van der Waals surface area (Å²) in [5.74, 6) is 1.32. The summed E-state index contributed by atoms with van der Waals surface area (Å²) in [6.07, 6.45) is 8.85. The molecule has 6 heteroatoms. The number of aromatic nitrogens is 3. The highest BCUT2D eigenvalue weighted by Crippen LogP contribution is 2.31. The van der Waals surface area contributed by atoms with Gasteiger partial charge in [-0.3, -0.25) is 9.67 Å². The van der Waals surface area contributed by atoms with Gasteiger partial charge in [-0.05, 0) is 59.7 Å². The summed E-state index contributed by atoms with van der Waals surface area (Å²) in [7, 11) is 1.68. The van der Waals surface area contributed by atoms with E-state index < -0.39 is 0 Å². The van der Waals surface area contributed by atoms with Gasteiger partial charge in [0.1, 0.15) is 11.8 Å². The lowest BCUT2D eigenvalue weighted by Crippen LogP contribution is -2.04. The molecule has 1 aliphatic carbocycles. The average Bonchev–Trinajstić information content (AvgIpc) is 3.48. The van der Waals surface area contributed by atoms with Crippen LogP contribution in [-0.4, -0.2) is 35.1 Å². The first-order valence-electron chi connectivity index (χ1n) is 9.87. The normalized spacial score (nSPS) is 13.2. The molecule has 1 fully saturated rings. The van der Waals surface area contributed by atoms with E-state index in [4.69, 9.17) is 9.47 Å². The minimum Gasteiger partial charge on any atom is -0.492 e. The van der Waals surface area contributed by atoms with E-state index in [-0.39, 0.29) is 0 Å². The molecule has 2 heterocycles. The van der Waals surface area contributed by atoms with Gasteiger partial charge in [-0.15, -0.1) is 0 Å². The first kappa shape index (κ1) is 19.2. The molecule has 3 aromatic rings. The molecule has 1 saturated carbocycles. The van der Waals surface area contributed by atoms with Crippen LogP contribution in [0, 0.1) is 17.2 Å². The molecule has 2 aromatic heterocycles. The summed E-state index contributed by atoms with van der Waals surface area (Å²) in [6.45, 7) is 2.07. The Bertz CT molecular complexity index is 1020. The van der Waals surface area contributed by atoms with E-state index in [1.54, 1.807) is 7.11 Å². The Hall–Kier alpha value is -3.17. The van der Waals surface area contributed by atoms with Crippen LogP contribution in [0.5, 0.6) is 5.75 Å². The number of rotatable bonds is 9. The van der Waals surface area contributed by atoms with Crippen LogP contribution in [0.25, 0.3) is 11.1 Å². The van der Waals surface area contributed by atoms with E-state index in [0.29, 0.717) is 36.9 Å². The van der Waals surface area contributed by atoms with E-state index in [2.05, 4.69) is 22.2 Å². The Morgan fingerprint density at radius 3 is 2.86 bits per heavy atom. The first-order valence-corrected chi connectivity index (χ1v) is 9.87. The molecule has 0 N–H and O–H groups in total. The summed E-state index contributed by atoms with van der Waals surface area (Å²) in [5, 5.41) is 13.9. The third-order valence-electron chi connectivity index (χ3n) is 5.02. The zero-order valence-electron chi connectivity index (χ0n) is 16.5. The molecule has 0 bridgehead atoms. The molecule has 0 spiro atoms. The number of nitriles is 1. The maximum absolute atomic E-state index is 9.52. The van der Waals surface area contributed by atoms with Gasteiger partial charge in [0.2, 0.25) is 0 Å². The molecule has 0 radical (unpaired) electrons. The van der Waals surface area contributed by atoms with Gasteiger partial charge in [0, 0.05) is 31.6 Å². The molecule has 1 aliphatic rings. The molecule has 0 aliphatic heterocycles. The zero-order valence-corrected chi connectivity index (χ0v) is 16.5. The highest BCUT2D eigenvalue weighted by atomic mass is 16.5. The molecule has 0 unspecified atom stereocenters. The van der Waals surface area contributed by atoms with Crippen LogP contribution in [-0.2, 0) is 17.7 Å². The summed E-state index contributed by atoms with van der Waals surface area (Å²) in [5.41, 5.74) is 4.65. The lowest BCUT2D eigenvalue weighted by Gasteiger charge is -2.10. The highest BCUT2D eigenvalue weighted by molar-refractivity contribution is 5.67. The van der Waals surface area contributed by atoms with Crippen molar-refractivity contribution in [2.45, 2.75) is 25.8 Å². The van der Waals surface area contributed by atoms with Crippen molar-refractivity contribution in [3.8, 4) is 22.9 Å². The molecule has 0 saturated heterocycles. The number of nitrogens with zero attached hydrogens (tertiary/aromatic N) is 4. The van der Waals surface area contributed by atoms with E-state index in [9.17, 15) is 5.26 Å². The van der Waals surface area contributed by atoms with Crippen LogP contribution < -0.4 is 4.74 Å². The number of methoxy groups -OCH3 is 1. The number of benzene rings is 1. The molecule has 0 amide bonds. The largest absolute Gasteiger partial charge is 0.492 e. The highest BCUT2D eigenvalue weighted by Gasteiger charge is 2.22. The van der Waals surface area contributed by atoms with Gasteiger partial charge in [0.05, 0.1) is 31.5 Å². The Balaban J connectivity index is 1.49. The molecule has 1 aromatic carbocycles. The second kappa shape index (κ2) is 8.89. The number of pyridine rings is 1. The maximum atomic E-state index is 9.52. The number of hydrogen-bond donors (Lipinski definition) is 0. The molecule has 4 rings (SSSR count). The minimum absolute atomic E-state index is 0.570. The smallest absolute Gasteiger partial charge is 0.137 e. The van der Waals surface area contributed by atoms with Gasteiger partial charge in [-0.25, -0.2) is 0 Å². The average molecular weight is 388 g/mol. The third kappa shape index (κ3) is 5.01. The summed E-state index contributed by atoms with van der Waals surface area (Å²) >= 11 is 0. The van der Waals surface area contributed by atoms with Gasteiger partial charge in [-0.2, -0.15) is 10.4 Å². The molecular formula is C23H24N4O2. The van der Waals surface area contributed by atoms with Gasteiger partial charge in [0.25, 0.3) is 0 Å². The van der Waals surface area contributed by atoms with Crippen molar-refractivity contribution in [2.75, 3.05) is 20.3 Å². The quantitative estimate of drug-likeness (QED) is 0.557. The maximum Gasteiger partial charge on any atom is 0.137 e. The van der Waals surface area contributed by atoms with Crippen molar-refractivity contribution in [3.63, 3.8) is 0 Å². The Kier molecular flexibility index (Phi) is 5.87. The van der Waals surface area contributed by atoms with E-state index in [1.807, 2.05) is 47.5 Å². The van der Waals surface area contributed by atoms with Crippen molar-refractivity contribution >= 4 is 0 Å². The second-order valence-electron chi connectivity index (χ2n) is 7.39. The van der Waals surface area contributed by atoms with Gasteiger partial charge in [0.15, 0.2) is 0 Å². The zero-order chi connectivity index (χ0) is 20.1. The van der Waals surface area contributed by atoms with Crippen molar-refractivity contribution < 1.29 is 9.47 Å². The van der Waals surface area contributed by atoms with E-state index in [0.717, 1.165) is 28.9 Å². The Morgan fingerprint density at radius 2 is 2.07 bits per heavy atom. The lowest BCUT2D eigenvalue weighted by atomic mass is 10.0. The van der Waals surface area contributed by atoms with E-state index in [1.165, 1.54) is 12.8 Å². The monoisotopic (exact) mass is 388 g/mol. The van der Waals surface area contributed by atoms with E-state index >= 15 is 0 Å².